The quantitative estimate of drug-likeness (QED) is 0.351. The van der Waals surface area contributed by atoms with Gasteiger partial charge in [-0.05, 0) is 52.9 Å². The number of rotatable bonds is 7. The van der Waals surface area contributed by atoms with Crippen molar-refractivity contribution < 1.29 is 8.95 Å². The van der Waals surface area contributed by atoms with Crippen molar-refractivity contribution in [2.24, 2.45) is 10.9 Å². The molecule has 0 spiro atoms. The van der Waals surface area contributed by atoms with Gasteiger partial charge >= 0.3 is 0 Å². The van der Waals surface area contributed by atoms with Crippen LogP contribution in [0, 0.1) is 5.92 Å². The first-order chi connectivity index (χ1) is 10.8. The number of aliphatic imine (C=N–C) groups is 1. The van der Waals surface area contributed by atoms with Gasteiger partial charge in [-0.25, -0.2) is 0 Å². The van der Waals surface area contributed by atoms with Crippen molar-refractivity contribution in [1.29, 1.82) is 0 Å². The highest BCUT2D eigenvalue weighted by Crippen LogP contribution is 2.18. The van der Waals surface area contributed by atoms with E-state index in [4.69, 9.17) is 4.74 Å². The molecule has 1 rings (SSSR count). The summed E-state index contributed by atoms with van der Waals surface area (Å²) in [7, 11) is 1.24. The lowest BCUT2D eigenvalue weighted by atomic mass is 9.96. The molecular formula is C17H36IN3O2S. The van der Waals surface area contributed by atoms with E-state index in [1.165, 1.54) is 19.3 Å². The van der Waals surface area contributed by atoms with Gasteiger partial charge in [0.1, 0.15) is 0 Å². The number of nitrogens with zero attached hydrogens (tertiary/aromatic N) is 2. The summed E-state index contributed by atoms with van der Waals surface area (Å²) in [6.07, 6.45) is 3.52. The van der Waals surface area contributed by atoms with Gasteiger partial charge in [-0.15, -0.1) is 24.0 Å². The van der Waals surface area contributed by atoms with Gasteiger partial charge in [-0.2, -0.15) is 0 Å². The molecular weight excluding hydrogens is 437 g/mol. The van der Waals surface area contributed by atoms with Crippen LogP contribution >= 0.6 is 24.0 Å². The summed E-state index contributed by atoms with van der Waals surface area (Å²) in [4.78, 5) is 6.84. The highest BCUT2D eigenvalue weighted by atomic mass is 127. The first kappa shape index (κ1) is 24.1. The van der Waals surface area contributed by atoms with E-state index in [1.54, 1.807) is 0 Å². The van der Waals surface area contributed by atoms with Gasteiger partial charge in [0.05, 0.1) is 6.54 Å². The topological polar surface area (TPSA) is 53.9 Å². The normalized spacial score (nSPS) is 18.0. The van der Waals surface area contributed by atoms with Crippen LogP contribution in [-0.2, 0) is 15.5 Å². The van der Waals surface area contributed by atoms with E-state index in [0.717, 1.165) is 38.2 Å². The Morgan fingerprint density at radius 3 is 2.50 bits per heavy atom. The predicted molar refractivity (Wildman–Crippen MR) is 115 cm³/mol. The first-order valence-corrected chi connectivity index (χ1v) is 10.1. The van der Waals surface area contributed by atoms with Crippen molar-refractivity contribution in [3.05, 3.63) is 0 Å². The molecule has 1 aliphatic heterocycles. The number of nitrogens with one attached hydrogen (secondary N) is 1. The molecule has 1 aliphatic rings. The van der Waals surface area contributed by atoms with Crippen LogP contribution in [0.3, 0.4) is 0 Å². The Morgan fingerprint density at radius 2 is 1.96 bits per heavy atom. The van der Waals surface area contributed by atoms with Crippen molar-refractivity contribution >= 4 is 40.7 Å². The second-order valence-electron chi connectivity index (χ2n) is 7.16. The number of halogens is 1. The second-order valence-corrected chi connectivity index (χ2v) is 9.49. The molecule has 0 amide bonds. The maximum absolute atomic E-state index is 12.1. The maximum Gasteiger partial charge on any atom is 0.193 e. The van der Waals surface area contributed by atoms with Gasteiger partial charge < -0.3 is 15.0 Å². The van der Waals surface area contributed by atoms with E-state index in [1.807, 2.05) is 20.8 Å². The number of guanidine groups is 1. The molecule has 0 radical (unpaired) electrons. The third-order valence-corrected chi connectivity index (χ3v) is 6.05. The average Bonchev–Trinajstić information content (AvgIpc) is 2.51. The fraction of sp³-hybridized carbons (Fsp3) is 0.941. The zero-order chi connectivity index (χ0) is 17.3. The van der Waals surface area contributed by atoms with E-state index in [9.17, 15) is 4.21 Å². The van der Waals surface area contributed by atoms with Crippen molar-refractivity contribution in [2.45, 2.75) is 51.7 Å². The second kappa shape index (κ2) is 12.5. The lowest BCUT2D eigenvalue weighted by molar-refractivity contribution is 0.0625. The van der Waals surface area contributed by atoms with Crippen LogP contribution in [-0.4, -0.2) is 65.5 Å². The molecule has 1 N–H and O–H groups in total. The van der Waals surface area contributed by atoms with Crippen molar-refractivity contribution in [3.8, 4) is 0 Å². The Kier molecular flexibility index (Phi) is 12.5. The summed E-state index contributed by atoms with van der Waals surface area (Å²) >= 11 is 0. The van der Waals surface area contributed by atoms with E-state index in [-0.39, 0.29) is 28.7 Å². The Labute approximate surface area is 167 Å². The summed E-state index contributed by atoms with van der Waals surface area (Å²) in [5.74, 6) is 2.31. The van der Waals surface area contributed by atoms with Crippen molar-refractivity contribution in [1.82, 2.24) is 10.2 Å². The van der Waals surface area contributed by atoms with Crippen molar-refractivity contribution in [3.63, 3.8) is 0 Å². The third kappa shape index (κ3) is 9.56. The van der Waals surface area contributed by atoms with Crippen LogP contribution in [0.15, 0.2) is 4.99 Å². The van der Waals surface area contributed by atoms with Gasteiger partial charge in [0.15, 0.2) is 5.96 Å². The number of hydrogen-bond donors (Lipinski definition) is 1. The fourth-order valence-corrected chi connectivity index (χ4v) is 3.40. The molecule has 0 aromatic carbocycles. The number of hydrogen-bond acceptors (Lipinski definition) is 3. The molecule has 1 saturated heterocycles. The van der Waals surface area contributed by atoms with Crippen LogP contribution in [0.4, 0.5) is 0 Å². The number of ether oxygens (including phenoxy) is 1. The SMILES string of the molecule is CCNC(=NCCS(=O)C(C)(C)C)N(C)CCC1CCOCC1.I. The van der Waals surface area contributed by atoms with Crippen LogP contribution in [0.25, 0.3) is 0 Å². The molecule has 24 heavy (non-hydrogen) atoms. The Bertz CT molecular complexity index is 394. The summed E-state index contributed by atoms with van der Waals surface area (Å²) < 4.78 is 17.4. The van der Waals surface area contributed by atoms with Crippen LogP contribution < -0.4 is 5.32 Å². The molecule has 1 fully saturated rings. The van der Waals surface area contributed by atoms with E-state index in [2.05, 4.69) is 29.2 Å². The Hall–Kier alpha value is 0.110. The maximum atomic E-state index is 12.1. The minimum absolute atomic E-state index is 0. The minimum Gasteiger partial charge on any atom is -0.381 e. The summed E-state index contributed by atoms with van der Waals surface area (Å²) in [6.45, 7) is 12.4. The standard InChI is InChI=1S/C17H35N3O2S.HI/c1-6-18-16(19-10-14-23(21)17(2,3)4)20(5)11-7-15-8-12-22-13-9-15;/h15H,6-14H2,1-5H3,(H,18,19);1H. The van der Waals surface area contributed by atoms with Crippen LogP contribution in [0.5, 0.6) is 0 Å². The largest absolute Gasteiger partial charge is 0.381 e. The first-order valence-electron chi connectivity index (χ1n) is 8.80. The highest BCUT2D eigenvalue weighted by Gasteiger charge is 2.19. The van der Waals surface area contributed by atoms with Gasteiger partial charge in [-0.1, -0.05) is 0 Å². The molecule has 1 heterocycles. The zero-order valence-electron chi connectivity index (χ0n) is 16.0. The monoisotopic (exact) mass is 473 g/mol. The van der Waals surface area contributed by atoms with Gasteiger partial charge in [0.2, 0.25) is 0 Å². The minimum atomic E-state index is -0.846. The van der Waals surface area contributed by atoms with Crippen molar-refractivity contribution in [2.75, 3.05) is 45.6 Å². The fourth-order valence-electron chi connectivity index (χ4n) is 2.53. The molecule has 144 valence electrons. The molecule has 7 heteroatoms. The lowest BCUT2D eigenvalue weighted by Gasteiger charge is -2.27. The van der Waals surface area contributed by atoms with Gasteiger partial charge in [-0.3, -0.25) is 9.20 Å². The van der Waals surface area contributed by atoms with Crippen LogP contribution in [0.2, 0.25) is 0 Å². The predicted octanol–water partition coefficient (Wildman–Crippen LogP) is 2.87. The molecule has 5 nitrogen and oxygen atoms in total. The molecule has 0 aromatic rings. The molecule has 1 unspecified atom stereocenters. The third-order valence-electron chi connectivity index (χ3n) is 4.13. The Morgan fingerprint density at radius 1 is 1.33 bits per heavy atom. The molecule has 0 bridgehead atoms. The van der Waals surface area contributed by atoms with E-state index >= 15 is 0 Å². The van der Waals surface area contributed by atoms with Crippen LogP contribution in [0.1, 0.15) is 47.0 Å². The average molecular weight is 473 g/mol. The molecule has 1 atom stereocenters. The summed E-state index contributed by atoms with van der Waals surface area (Å²) in [5, 5.41) is 3.33. The molecule has 0 aromatic heterocycles. The summed E-state index contributed by atoms with van der Waals surface area (Å²) in [6, 6.07) is 0. The van der Waals surface area contributed by atoms with Gasteiger partial charge in [0.25, 0.3) is 0 Å². The zero-order valence-corrected chi connectivity index (χ0v) is 19.1. The highest BCUT2D eigenvalue weighted by molar-refractivity contribution is 14.0. The Balaban J connectivity index is 0.00000529. The summed E-state index contributed by atoms with van der Waals surface area (Å²) in [5.41, 5.74) is 0. The van der Waals surface area contributed by atoms with Gasteiger partial charge in [0, 0.05) is 54.7 Å². The smallest absolute Gasteiger partial charge is 0.193 e. The van der Waals surface area contributed by atoms with E-state index in [0.29, 0.717) is 12.3 Å². The molecule has 0 saturated carbocycles. The van der Waals surface area contributed by atoms with E-state index < -0.39 is 10.8 Å². The lowest BCUT2D eigenvalue weighted by Crippen LogP contribution is -2.40. The molecule has 0 aliphatic carbocycles.